The molecule has 0 aromatic heterocycles. The number of likely N-dealkylation sites (tertiary alicyclic amines) is 1. The van der Waals surface area contributed by atoms with Crippen LogP contribution in [0, 0.1) is 13.8 Å². The van der Waals surface area contributed by atoms with E-state index in [9.17, 15) is 9.59 Å². The highest BCUT2D eigenvalue weighted by Gasteiger charge is 2.22. The van der Waals surface area contributed by atoms with Crippen molar-refractivity contribution in [2.75, 3.05) is 13.1 Å². The molecule has 1 saturated heterocycles. The molecule has 0 atom stereocenters. The van der Waals surface area contributed by atoms with Crippen LogP contribution in [0.3, 0.4) is 0 Å². The zero-order valence-corrected chi connectivity index (χ0v) is 14.0. The predicted molar refractivity (Wildman–Crippen MR) is 86.4 cm³/mol. The monoisotopic (exact) mass is 303 g/mol. The standard InChI is InChI=1S/C18H25NO3/c1-12-10-16(14(3)20)18(22-15(4)21)17(13(12)2)11-19-8-6-5-7-9-19/h10H,5-9,11H2,1-4H3. The van der Waals surface area contributed by atoms with Crippen molar-refractivity contribution in [2.24, 2.45) is 0 Å². The average molecular weight is 303 g/mol. The zero-order chi connectivity index (χ0) is 16.3. The van der Waals surface area contributed by atoms with Gasteiger partial charge in [0.1, 0.15) is 5.75 Å². The van der Waals surface area contributed by atoms with Gasteiger partial charge < -0.3 is 4.74 Å². The van der Waals surface area contributed by atoms with Crippen LogP contribution in [0.4, 0.5) is 0 Å². The Kier molecular flexibility index (Phi) is 5.35. The fourth-order valence-electron chi connectivity index (χ4n) is 3.01. The van der Waals surface area contributed by atoms with E-state index in [0.29, 0.717) is 11.3 Å². The number of benzene rings is 1. The number of ether oxygens (including phenoxy) is 1. The van der Waals surface area contributed by atoms with E-state index in [0.717, 1.165) is 36.3 Å². The van der Waals surface area contributed by atoms with E-state index >= 15 is 0 Å². The van der Waals surface area contributed by atoms with Crippen molar-refractivity contribution in [3.63, 3.8) is 0 Å². The maximum Gasteiger partial charge on any atom is 0.308 e. The van der Waals surface area contributed by atoms with Crippen LogP contribution in [0.15, 0.2) is 6.07 Å². The lowest BCUT2D eigenvalue weighted by molar-refractivity contribution is -0.131. The Bertz CT molecular complexity index is 586. The lowest BCUT2D eigenvalue weighted by Crippen LogP contribution is -2.30. The van der Waals surface area contributed by atoms with Gasteiger partial charge in [-0.15, -0.1) is 0 Å². The first-order valence-corrected chi connectivity index (χ1v) is 7.95. The first kappa shape index (κ1) is 16.7. The van der Waals surface area contributed by atoms with Crippen LogP contribution in [-0.2, 0) is 11.3 Å². The molecule has 0 spiro atoms. The van der Waals surface area contributed by atoms with Crippen LogP contribution < -0.4 is 4.74 Å². The fraction of sp³-hybridized carbons (Fsp3) is 0.556. The third kappa shape index (κ3) is 3.74. The summed E-state index contributed by atoms with van der Waals surface area (Å²) in [5.74, 6) is -0.00133. The summed E-state index contributed by atoms with van der Waals surface area (Å²) >= 11 is 0. The Morgan fingerprint density at radius 2 is 1.77 bits per heavy atom. The molecule has 22 heavy (non-hydrogen) atoms. The lowest BCUT2D eigenvalue weighted by atomic mass is 9.95. The molecule has 1 aliphatic heterocycles. The number of hydrogen-bond acceptors (Lipinski definition) is 4. The minimum Gasteiger partial charge on any atom is -0.426 e. The van der Waals surface area contributed by atoms with E-state index in [1.54, 1.807) is 0 Å². The summed E-state index contributed by atoms with van der Waals surface area (Å²) < 4.78 is 5.43. The Morgan fingerprint density at radius 3 is 2.32 bits per heavy atom. The van der Waals surface area contributed by atoms with Crippen molar-refractivity contribution >= 4 is 11.8 Å². The predicted octanol–water partition coefficient (Wildman–Crippen LogP) is 3.42. The summed E-state index contributed by atoms with van der Waals surface area (Å²) in [6.07, 6.45) is 3.68. The van der Waals surface area contributed by atoms with Crippen molar-refractivity contribution in [1.82, 2.24) is 4.90 Å². The molecule has 1 aromatic carbocycles. The van der Waals surface area contributed by atoms with E-state index in [2.05, 4.69) is 4.90 Å². The van der Waals surface area contributed by atoms with Gasteiger partial charge in [0.15, 0.2) is 5.78 Å². The first-order chi connectivity index (χ1) is 10.4. The van der Waals surface area contributed by atoms with Gasteiger partial charge in [-0.25, -0.2) is 0 Å². The molecular weight excluding hydrogens is 278 g/mol. The second-order valence-electron chi connectivity index (χ2n) is 6.16. The Morgan fingerprint density at radius 1 is 1.14 bits per heavy atom. The molecule has 0 bridgehead atoms. The molecule has 4 heteroatoms. The number of nitrogens with zero attached hydrogens (tertiary/aromatic N) is 1. The minimum atomic E-state index is -0.384. The topological polar surface area (TPSA) is 46.6 Å². The molecule has 0 radical (unpaired) electrons. The van der Waals surface area contributed by atoms with E-state index < -0.39 is 0 Å². The number of piperidine rings is 1. The third-order valence-electron chi connectivity index (χ3n) is 4.38. The number of ketones is 1. The molecule has 0 saturated carbocycles. The molecule has 2 rings (SSSR count). The lowest BCUT2D eigenvalue weighted by Gasteiger charge is -2.28. The molecule has 0 N–H and O–H groups in total. The SMILES string of the molecule is CC(=O)Oc1c(C(C)=O)cc(C)c(C)c1CN1CCCCC1. The molecule has 0 amide bonds. The summed E-state index contributed by atoms with van der Waals surface area (Å²) in [7, 11) is 0. The molecular formula is C18H25NO3. The fourth-order valence-corrected chi connectivity index (χ4v) is 3.01. The van der Waals surface area contributed by atoms with Crippen molar-refractivity contribution in [3.8, 4) is 5.75 Å². The largest absolute Gasteiger partial charge is 0.426 e. The third-order valence-corrected chi connectivity index (χ3v) is 4.38. The number of rotatable bonds is 4. The van der Waals surface area contributed by atoms with Gasteiger partial charge in [-0.1, -0.05) is 6.42 Å². The summed E-state index contributed by atoms with van der Waals surface area (Å²) in [6, 6.07) is 1.83. The van der Waals surface area contributed by atoms with Crippen molar-refractivity contribution in [3.05, 3.63) is 28.3 Å². The van der Waals surface area contributed by atoms with Crippen molar-refractivity contribution in [1.29, 1.82) is 0 Å². The molecule has 1 heterocycles. The van der Waals surface area contributed by atoms with E-state index in [4.69, 9.17) is 4.74 Å². The van der Waals surface area contributed by atoms with Gasteiger partial charge >= 0.3 is 5.97 Å². The van der Waals surface area contributed by atoms with E-state index in [1.165, 1.54) is 33.1 Å². The van der Waals surface area contributed by atoms with Crippen LogP contribution in [0.1, 0.15) is 60.2 Å². The molecule has 4 nitrogen and oxygen atoms in total. The van der Waals surface area contributed by atoms with Crippen LogP contribution in [0.5, 0.6) is 5.75 Å². The quantitative estimate of drug-likeness (QED) is 0.486. The van der Waals surface area contributed by atoms with Crippen LogP contribution in [-0.4, -0.2) is 29.7 Å². The zero-order valence-electron chi connectivity index (χ0n) is 14.0. The first-order valence-electron chi connectivity index (χ1n) is 7.95. The molecule has 1 fully saturated rings. The smallest absolute Gasteiger partial charge is 0.308 e. The highest BCUT2D eigenvalue weighted by atomic mass is 16.5. The van der Waals surface area contributed by atoms with Crippen LogP contribution >= 0.6 is 0 Å². The van der Waals surface area contributed by atoms with Gasteiger partial charge in [-0.2, -0.15) is 0 Å². The summed E-state index contributed by atoms with van der Waals surface area (Å²) in [4.78, 5) is 25.8. The van der Waals surface area contributed by atoms with Gasteiger partial charge in [0.25, 0.3) is 0 Å². The highest BCUT2D eigenvalue weighted by Crippen LogP contribution is 2.32. The van der Waals surface area contributed by atoms with Gasteiger partial charge in [-0.05, 0) is 63.9 Å². The second kappa shape index (κ2) is 7.05. The summed E-state index contributed by atoms with van der Waals surface area (Å²) in [6.45, 7) is 9.77. The number of esters is 1. The minimum absolute atomic E-state index is 0.0701. The number of carbonyl (C=O) groups excluding carboxylic acids is 2. The van der Waals surface area contributed by atoms with Crippen LogP contribution in [0.25, 0.3) is 0 Å². The molecule has 0 unspecified atom stereocenters. The van der Waals surface area contributed by atoms with Gasteiger partial charge in [0, 0.05) is 19.0 Å². The van der Waals surface area contributed by atoms with E-state index in [1.807, 2.05) is 19.9 Å². The Labute approximate surface area is 132 Å². The Hall–Kier alpha value is -1.68. The van der Waals surface area contributed by atoms with Gasteiger partial charge in [0.05, 0.1) is 5.56 Å². The molecule has 1 aromatic rings. The van der Waals surface area contributed by atoms with Crippen molar-refractivity contribution in [2.45, 2.75) is 53.5 Å². The number of Topliss-reactive ketones (excluding diaryl/α,β-unsaturated/α-hetero) is 1. The number of hydrogen-bond donors (Lipinski definition) is 0. The number of aryl methyl sites for hydroxylation is 1. The highest BCUT2D eigenvalue weighted by molar-refractivity contribution is 5.98. The normalized spacial score (nSPS) is 15.6. The second-order valence-corrected chi connectivity index (χ2v) is 6.16. The van der Waals surface area contributed by atoms with Crippen molar-refractivity contribution < 1.29 is 14.3 Å². The Balaban J connectivity index is 2.47. The van der Waals surface area contributed by atoms with E-state index in [-0.39, 0.29) is 11.8 Å². The summed E-state index contributed by atoms with van der Waals surface area (Å²) in [5.41, 5.74) is 3.65. The maximum absolute atomic E-state index is 12.0. The van der Waals surface area contributed by atoms with Gasteiger partial charge in [-0.3, -0.25) is 14.5 Å². The summed E-state index contributed by atoms with van der Waals surface area (Å²) in [5, 5.41) is 0. The van der Waals surface area contributed by atoms with Gasteiger partial charge in [0.2, 0.25) is 0 Å². The molecule has 120 valence electrons. The average Bonchev–Trinajstić information content (AvgIpc) is 2.47. The van der Waals surface area contributed by atoms with Crippen LogP contribution in [0.2, 0.25) is 0 Å². The maximum atomic E-state index is 12.0. The number of carbonyl (C=O) groups is 2. The molecule has 1 aliphatic rings. The molecule has 0 aliphatic carbocycles.